The predicted octanol–water partition coefficient (Wildman–Crippen LogP) is 2.03. The second-order valence-corrected chi connectivity index (χ2v) is 3.21. The lowest BCUT2D eigenvalue weighted by molar-refractivity contribution is 0.0911. The average Bonchev–Trinajstić information content (AvgIpc) is 2.55. The maximum Gasteiger partial charge on any atom is 0.287 e. The van der Waals surface area contributed by atoms with Crippen LogP contribution in [0.15, 0.2) is 22.8 Å². The molecule has 3 nitrogen and oxygen atoms in total. The van der Waals surface area contributed by atoms with Gasteiger partial charge in [0, 0.05) is 11.9 Å². The van der Waals surface area contributed by atoms with Gasteiger partial charge in [0.1, 0.15) is 0 Å². The van der Waals surface area contributed by atoms with E-state index < -0.39 is 0 Å². The van der Waals surface area contributed by atoms with Crippen molar-refractivity contribution in [3.63, 3.8) is 0 Å². The molecule has 1 unspecified atom stereocenters. The quantitative estimate of drug-likeness (QED) is 0.758. The van der Waals surface area contributed by atoms with Crippen molar-refractivity contribution in [2.45, 2.75) is 19.4 Å². The summed E-state index contributed by atoms with van der Waals surface area (Å²) < 4.78 is 4.93. The Hall–Kier alpha value is -0.960. The van der Waals surface area contributed by atoms with Gasteiger partial charge in [-0.05, 0) is 25.5 Å². The monoisotopic (exact) mass is 201 g/mol. The molecule has 0 aromatic carbocycles. The van der Waals surface area contributed by atoms with E-state index in [1.807, 2.05) is 6.92 Å². The van der Waals surface area contributed by atoms with Crippen LogP contribution in [0.1, 0.15) is 23.9 Å². The lowest BCUT2D eigenvalue weighted by atomic mass is 10.2. The zero-order valence-corrected chi connectivity index (χ0v) is 8.17. The molecule has 13 heavy (non-hydrogen) atoms. The summed E-state index contributed by atoms with van der Waals surface area (Å²) in [5, 5.41) is 2.77. The fourth-order valence-electron chi connectivity index (χ4n) is 0.939. The van der Waals surface area contributed by atoms with Crippen LogP contribution < -0.4 is 5.32 Å². The van der Waals surface area contributed by atoms with Crippen molar-refractivity contribution in [1.82, 2.24) is 5.32 Å². The summed E-state index contributed by atoms with van der Waals surface area (Å²) in [6.07, 6.45) is 2.23. The Labute approximate surface area is 82.1 Å². The largest absolute Gasteiger partial charge is 0.459 e. The van der Waals surface area contributed by atoms with Crippen molar-refractivity contribution in [3.05, 3.63) is 24.2 Å². The Morgan fingerprint density at radius 1 is 1.77 bits per heavy atom. The van der Waals surface area contributed by atoms with Crippen LogP contribution in [0.4, 0.5) is 0 Å². The topological polar surface area (TPSA) is 42.2 Å². The van der Waals surface area contributed by atoms with Gasteiger partial charge in [-0.1, -0.05) is 0 Å². The van der Waals surface area contributed by atoms with Gasteiger partial charge >= 0.3 is 0 Å². The van der Waals surface area contributed by atoms with Gasteiger partial charge in [0.2, 0.25) is 0 Å². The highest BCUT2D eigenvalue weighted by molar-refractivity contribution is 6.17. The summed E-state index contributed by atoms with van der Waals surface area (Å²) in [5.74, 6) is 0.684. The van der Waals surface area contributed by atoms with Crippen LogP contribution in [-0.4, -0.2) is 17.8 Å². The van der Waals surface area contributed by atoms with Gasteiger partial charge in [-0.25, -0.2) is 0 Å². The molecule has 1 rings (SSSR count). The van der Waals surface area contributed by atoms with Gasteiger partial charge in [0.05, 0.1) is 6.26 Å². The van der Waals surface area contributed by atoms with Crippen LogP contribution in [0.25, 0.3) is 0 Å². The van der Waals surface area contributed by atoms with E-state index in [2.05, 4.69) is 5.32 Å². The first-order valence-corrected chi connectivity index (χ1v) is 4.68. The molecule has 1 aromatic rings. The van der Waals surface area contributed by atoms with Crippen molar-refractivity contribution in [2.75, 3.05) is 5.88 Å². The summed E-state index contributed by atoms with van der Waals surface area (Å²) in [6, 6.07) is 3.39. The lowest BCUT2D eigenvalue weighted by Crippen LogP contribution is -2.32. The molecule has 1 amide bonds. The van der Waals surface area contributed by atoms with Gasteiger partial charge < -0.3 is 9.73 Å². The van der Waals surface area contributed by atoms with Crippen molar-refractivity contribution >= 4 is 17.5 Å². The van der Waals surface area contributed by atoms with Crippen molar-refractivity contribution in [1.29, 1.82) is 0 Å². The number of amides is 1. The first kappa shape index (κ1) is 10.1. The molecule has 0 aliphatic heterocycles. The summed E-state index contributed by atoms with van der Waals surface area (Å²) in [4.78, 5) is 11.3. The summed E-state index contributed by atoms with van der Waals surface area (Å²) in [5.41, 5.74) is 0. The minimum atomic E-state index is -0.192. The van der Waals surface area contributed by atoms with Crippen LogP contribution in [0.5, 0.6) is 0 Å². The molecule has 0 aliphatic carbocycles. The summed E-state index contributed by atoms with van der Waals surface area (Å²) in [7, 11) is 0. The van der Waals surface area contributed by atoms with Gasteiger partial charge in [-0.2, -0.15) is 0 Å². The van der Waals surface area contributed by atoms with E-state index in [-0.39, 0.29) is 11.9 Å². The predicted molar refractivity (Wildman–Crippen MR) is 51.0 cm³/mol. The standard InChI is InChI=1S/C9H12ClNO2/c1-7(4-5-10)11-9(12)8-3-2-6-13-8/h2-3,6-7H,4-5H2,1H3,(H,11,12). The molecule has 1 aromatic heterocycles. The lowest BCUT2D eigenvalue weighted by Gasteiger charge is -2.10. The molecule has 0 fully saturated rings. The first-order valence-electron chi connectivity index (χ1n) is 4.14. The van der Waals surface area contributed by atoms with Crippen LogP contribution in [-0.2, 0) is 0 Å². The molecule has 1 heterocycles. The number of carbonyl (C=O) groups is 1. The van der Waals surface area contributed by atoms with E-state index in [4.69, 9.17) is 16.0 Å². The molecular formula is C9H12ClNO2. The Kier molecular flexibility index (Phi) is 3.83. The van der Waals surface area contributed by atoms with Gasteiger partial charge in [-0.3, -0.25) is 4.79 Å². The normalized spacial score (nSPS) is 12.5. The van der Waals surface area contributed by atoms with Crippen LogP contribution in [0, 0.1) is 0 Å². The van der Waals surface area contributed by atoms with Crippen LogP contribution in [0.3, 0.4) is 0 Å². The Morgan fingerprint density at radius 3 is 3.08 bits per heavy atom. The van der Waals surface area contributed by atoms with E-state index in [0.29, 0.717) is 11.6 Å². The summed E-state index contributed by atoms with van der Waals surface area (Å²) >= 11 is 5.53. The molecular weight excluding hydrogens is 190 g/mol. The third kappa shape index (κ3) is 3.11. The molecule has 0 aliphatic rings. The molecule has 4 heteroatoms. The van der Waals surface area contributed by atoms with Gasteiger partial charge in [-0.15, -0.1) is 11.6 Å². The molecule has 72 valence electrons. The number of hydrogen-bond donors (Lipinski definition) is 1. The highest BCUT2D eigenvalue weighted by Crippen LogP contribution is 2.01. The van der Waals surface area contributed by atoms with E-state index in [0.717, 1.165) is 6.42 Å². The third-order valence-corrected chi connectivity index (χ3v) is 1.88. The highest BCUT2D eigenvalue weighted by atomic mass is 35.5. The molecule has 0 saturated heterocycles. The maximum absolute atomic E-state index is 11.3. The number of hydrogen-bond acceptors (Lipinski definition) is 2. The van der Waals surface area contributed by atoms with E-state index in [9.17, 15) is 4.79 Å². The molecule has 0 saturated carbocycles. The second kappa shape index (κ2) is 4.92. The highest BCUT2D eigenvalue weighted by Gasteiger charge is 2.10. The number of halogens is 1. The maximum atomic E-state index is 11.3. The number of carbonyl (C=O) groups excluding carboxylic acids is 1. The molecule has 0 spiro atoms. The molecule has 0 radical (unpaired) electrons. The summed E-state index contributed by atoms with van der Waals surface area (Å²) in [6.45, 7) is 1.91. The molecule has 1 atom stereocenters. The van der Waals surface area contributed by atoms with Gasteiger partial charge in [0.15, 0.2) is 5.76 Å². The third-order valence-electron chi connectivity index (χ3n) is 1.66. The van der Waals surface area contributed by atoms with Crippen molar-refractivity contribution < 1.29 is 9.21 Å². The van der Waals surface area contributed by atoms with E-state index >= 15 is 0 Å². The average molecular weight is 202 g/mol. The number of alkyl halides is 1. The van der Waals surface area contributed by atoms with Crippen LogP contribution >= 0.6 is 11.6 Å². The van der Waals surface area contributed by atoms with Crippen molar-refractivity contribution in [3.8, 4) is 0 Å². The Bertz CT molecular complexity index is 259. The second-order valence-electron chi connectivity index (χ2n) is 2.83. The Morgan fingerprint density at radius 2 is 2.54 bits per heavy atom. The number of nitrogens with one attached hydrogen (secondary N) is 1. The zero-order chi connectivity index (χ0) is 9.68. The minimum absolute atomic E-state index is 0.0788. The fourth-order valence-corrected chi connectivity index (χ4v) is 1.27. The zero-order valence-electron chi connectivity index (χ0n) is 7.42. The van der Waals surface area contributed by atoms with Crippen LogP contribution in [0.2, 0.25) is 0 Å². The van der Waals surface area contributed by atoms with E-state index in [1.54, 1.807) is 12.1 Å². The Balaban J connectivity index is 2.42. The number of rotatable bonds is 4. The minimum Gasteiger partial charge on any atom is -0.459 e. The molecule has 1 N–H and O–H groups in total. The SMILES string of the molecule is CC(CCCl)NC(=O)c1ccco1. The first-order chi connectivity index (χ1) is 6.24. The van der Waals surface area contributed by atoms with Crippen molar-refractivity contribution in [2.24, 2.45) is 0 Å². The fraction of sp³-hybridized carbons (Fsp3) is 0.444. The van der Waals surface area contributed by atoms with Gasteiger partial charge in [0.25, 0.3) is 5.91 Å². The smallest absolute Gasteiger partial charge is 0.287 e. The molecule has 0 bridgehead atoms. The number of furan rings is 1. The van der Waals surface area contributed by atoms with E-state index in [1.165, 1.54) is 6.26 Å².